The van der Waals surface area contributed by atoms with E-state index in [9.17, 15) is 9.90 Å². The number of nitrogens with zero attached hydrogens (tertiary/aromatic N) is 1. The standard InChI is InChI=1S/C11H16ClN3O2/c1-2-3-7(16)5-15-11(17)8-4-10(12)14-6-9(8)13/h4,6-7,16H,2-3,5,13H2,1H3,(H,15,17). The van der Waals surface area contributed by atoms with Gasteiger partial charge in [-0.3, -0.25) is 4.79 Å². The summed E-state index contributed by atoms with van der Waals surface area (Å²) in [6.45, 7) is 2.16. The fourth-order valence-electron chi connectivity index (χ4n) is 1.38. The molecule has 1 amide bonds. The Kier molecular flexibility index (Phi) is 5.18. The van der Waals surface area contributed by atoms with Crippen molar-refractivity contribution < 1.29 is 9.90 Å². The highest BCUT2D eigenvalue weighted by Crippen LogP contribution is 2.14. The fraction of sp³-hybridized carbons (Fsp3) is 0.455. The minimum atomic E-state index is -0.539. The summed E-state index contributed by atoms with van der Waals surface area (Å²) in [5, 5.41) is 12.3. The lowest BCUT2D eigenvalue weighted by atomic mass is 10.2. The summed E-state index contributed by atoms with van der Waals surface area (Å²) in [7, 11) is 0. The number of halogens is 1. The zero-order valence-corrected chi connectivity index (χ0v) is 10.4. The molecule has 1 rings (SSSR count). The molecule has 0 aliphatic heterocycles. The lowest BCUT2D eigenvalue weighted by Gasteiger charge is -2.11. The highest BCUT2D eigenvalue weighted by molar-refractivity contribution is 6.29. The van der Waals surface area contributed by atoms with Crippen molar-refractivity contribution in [2.75, 3.05) is 12.3 Å². The topological polar surface area (TPSA) is 88.2 Å². The van der Waals surface area contributed by atoms with Gasteiger partial charge in [0.05, 0.1) is 23.6 Å². The molecule has 5 nitrogen and oxygen atoms in total. The SMILES string of the molecule is CCCC(O)CNC(=O)c1cc(Cl)ncc1N. The third kappa shape index (κ3) is 4.20. The Hall–Kier alpha value is -1.33. The number of aliphatic hydroxyl groups is 1. The first-order valence-electron chi connectivity index (χ1n) is 5.41. The maximum absolute atomic E-state index is 11.7. The van der Waals surface area contributed by atoms with Gasteiger partial charge in [0.25, 0.3) is 5.91 Å². The lowest BCUT2D eigenvalue weighted by Crippen LogP contribution is -2.32. The number of anilines is 1. The van der Waals surface area contributed by atoms with Crippen LogP contribution in [0, 0.1) is 0 Å². The number of hydrogen-bond acceptors (Lipinski definition) is 4. The van der Waals surface area contributed by atoms with Crippen LogP contribution in [0.1, 0.15) is 30.1 Å². The molecule has 4 N–H and O–H groups in total. The molecule has 1 heterocycles. The van der Waals surface area contributed by atoms with Gasteiger partial charge in [0, 0.05) is 6.54 Å². The molecule has 0 saturated heterocycles. The van der Waals surface area contributed by atoms with Crippen LogP contribution < -0.4 is 11.1 Å². The summed E-state index contributed by atoms with van der Waals surface area (Å²) in [6.07, 6.45) is 2.30. The second kappa shape index (κ2) is 6.42. The van der Waals surface area contributed by atoms with Crippen molar-refractivity contribution in [3.63, 3.8) is 0 Å². The van der Waals surface area contributed by atoms with Gasteiger partial charge in [-0.2, -0.15) is 0 Å². The highest BCUT2D eigenvalue weighted by Gasteiger charge is 2.12. The Morgan fingerprint density at radius 3 is 3.06 bits per heavy atom. The number of carbonyl (C=O) groups is 1. The third-order valence-electron chi connectivity index (χ3n) is 2.27. The number of pyridine rings is 1. The Morgan fingerprint density at radius 1 is 1.71 bits per heavy atom. The average Bonchev–Trinajstić information content (AvgIpc) is 2.29. The van der Waals surface area contributed by atoms with Crippen molar-refractivity contribution in [1.82, 2.24) is 10.3 Å². The molecule has 0 aromatic carbocycles. The fourth-order valence-corrected chi connectivity index (χ4v) is 1.54. The second-order valence-corrected chi connectivity index (χ2v) is 4.13. The van der Waals surface area contributed by atoms with Gasteiger partial charge in [-0.1, -0.05) is 24.9 Å². The molecule has 1 unspecified atom stereocenters. The average molecular weight is 258 g/mol. The number of amides is 1. The van der Waals surface area contributed by atoms with Crippen molar-refractivity contribution in [1.29, 1.82) is 0 Å². The van der Waals surface area contributed by atoms with E-state index in [0.717, 1.165) is 6.42 Å². The van der Waals surface area contributed by atoms with Crippen LogP contribution in [0.3, 0.4) is 0 Å². The van der Waals surface area contributed by atoms with Crippen LogP contribution in [-0.2, 0) is 0 Å². The monoisotopic (exact) mass is 257 g/mol. The summed E-state index contributed by atoms with van der Waals surface area (Å²) < 4.78 is 0. The van der Waals surface area contributed by atoms with Crippen LogP contribution in [0.5, 0.6) is 0 Å². The zero-order chi connectivity index (χ0) is 12.8. The first-order chi connectivity index (χ1) is 8.04. The van der Waals surface area contributed by atoms with Crippen molar-refractivity contribution in [3.8, 4) is 0 Å². The Balaban J connectivity index is 2.61. The second-order valence-electron chi connectivity index (χ2n) is 3.75. The molecular weight excluding hydrogens is 242 g/mol. The van der Waals surface area contributed by atoms with Gasteiger partial charge in [0.15, 0.2) is 0 Å². The first-order valence-corrected chi connectivity index (χ1v) is 5.79. The number of aliphatic hydroxyl groups excluding tert-OH is 1. The molecule has 0 spiro atoms. The summed E-state index contributed by atoms with van der Waals surface area (Å²) >= 11 is 5.68. The summed E-state index contributed by atoms with van der Waals surface area (Å²) in [5.74, 6) is -0.359. The number of aromatic nitrogens is 1. The van der Waals surface area contributed by atoms with Crippen LogP contribution in [-0.4, -0.2) is 28.6 Å². The Bertz CT molecular complexity index is 398. The van der Waals surface area contributed by atoms with Crippen LogP contribution in [0.25, 0.3) is 0 Å². The number of hydrogen-bond donors (Lipinski definition) is 3. The van der Waals surface area contributed by atoms with E-state index >= 15 is 0 Å². The molecule has 94 valence electrons. The van der Waals surface area contributed by atoms with Gasteiger partial charge >= 0.3 is 0 Å². The van der Waals surface area contributed by atoms with E-state index < -0.39 is 6.10 Å². The van der Waals surface area contributed by atoms with Gasteiger partial charge in [-0.05, 0) is 12.5 Å². The number of rotatable bonds is 5. The van der Waals surface area contributed by atoms with E-state index in [-0.39, 0.29) is 28.9 Å². The van der Waals surface area contributed by atoms with E-state index in [4.69, 9.17) is 17.3 Å². The van der Waals surface area contributed by atoms with Crippen molar-refractivity contribution >= 4 is 23.2 Å². The third-order valence-corrected chi connectivity index (χ3v) is 2.47. The van der Waals surface area contributed by atoms with Gasteiger partial charge in [0.1, 0.15) is 5.15 Å². The number of carbonyl (C=O) groups excluding carboxylic acids is 1. The quantitative estimate of drug-likeness (QED) is 0.692. The Labute approximate surface area is 105 Å². The minimum absolute atomic E-state index is 0.200. The molecule has 0 aliphatic rings. The molecule has 1 atom stereocenters. The lowest BCUT2D eigenvalue weighted by molar-refractivity contribution is 0.0911. The molecule has 1 aromatic rings. The molecular formula is C11H16ClN3O2. The molecule has 0 aliphatic carbocycles. The van der Waals surface area contributed by atoms with Crippen molar-refractivity contribution in [3.05, 3.63) is 23.0 Å². The molecule has 0 bridgehead atoms. The van der Waals surface area contributed by atoms with Crippen LogP contribution in [0.4, 0.5) is 5.69 Å². The maximum Gasteiger partial charge on any atom is 0.253 e. The van der Waals surface area contributed by atoms with Crippen LogP contribution in [0.2, 0.25) is 5.15 Å². The van der Waals surface area contributed by atoms with Gasteiger partial charge < -0.3 is 16.2 Å². The number of nitrogens with one attached hydrogen (secondary N) is 1. The molecule has 0 saturated carbocycles. The predicted octanol–water partition coefficient (Wildman–Crippen LogP) is 1.21. The summed E-state index contributed by atoms with van der Waals surface area (Å²) in [4.78, 5) is 15.5. The number of nitrogens with two attached hydrogens (primary N) is 1. The normalized spacial score (nSPS) is 12.2. The number of nitrogen functional groups attached to an aromatic ring is 1. The van der Waals surface area contributed by atoms with E-state index in [2.05, 4.69) is 10.3 Å². The summed E-state index contributed by atoms with van der Waals surface area (Å²) in [6, 6.07) is 1.40. The van der Waals surface area contributed by atoms with Gasteiger partial charge in [0.2, 0.25) is 0 Å². The minimum Gasteiger partial charge on any atom is -0.397 e. The van der Waals surface area contributed by atoms with Crippen LogP contribution in [0.15, 0.2) is 12.3 Å². The molecule has 6 heteroatoms. The van der Waals surface area contributed by atoms with Crippen molar-refractivity contribution in [2.24, 2.45) is 0 Å². The van der Waals surface area contributed by atoms with E-state index in [1.807, 2.05) is 6.92 Å². The zero-order valence-electron chi connectivity index (χ0n) is 9.61. The maximum atomic E-state index is 11.7. The first kappa shape index (κ1) is 13.7. The molecule has 0 radical (unpaired) electrons. The molecule has 17 heavy (non-hydrogen) atoms. The molecule has 0 fully saturated rings. The van der Waals surface area contributed by atoms with Gasteiger partial charge in [-0.25, -0.2) is 4.98 Å². The van der Waals surface area contributed by atoms with E-state index in [1.54, 1.807) is 0 Å². The predicted molar refractivity (Wildman–Crippen MR) is 66.9 cm³/mol. The van der Waals surface area contributed by atoms with Crippen molar-refractivity contribution in [2.45, 2.75) is 25.9 Å². The molecule has 1 aromatic heterocycles. The van der Waals surface area contributed by atoms with E-state index in [1.165, 1.54) is 12.3 Å². The van der Waals surface area contributed by atoms with Crippen LogP contribution >= 0.6 is 11.6 Å². The Morgan fingerprint density at radius 2 is 2.41 bits per heavy atom. The van der Waals surface area contributed by atoms with E-state index in [0.29, 0.717) is 6.42 Å². The van der Waals surface area contributed by atoms with Gasteiger partial charge in [-0.15, -0.1) is 0 Å². The smallest absolute Gasteiger partial charge is 0.253 e. The summed E-state index contributed by atoms with van der Waals surface area (Å²) in [5.41, 5.74) is 6.14. The largest absolute Gasteiger partial charge is 0.397 e. The highest BCUT2D eigenvalue weighted by atomic mass is 35.5.